The normalized spacial score (nSPS) is 32.3. The molecule has 0 spiro atoms. The summed E-state index contributed by atoms with van der Waals surface area (Å²) in [6.45, 7) is 14.5. The minimum atomic E-state index is -1.31. The topological polar surface area (TPSA) is 268 Å². The molecular formula is C75H102N2O17. The number of benzene rings is 3. The van der Waals surface area contributed by atoms with E-state index >= 15 is 0 Å². The van der Waals surface area contributed by atoms with Gasteiger partial charge in [-0.15, -0.1) is 0 Å². The van der Waals surface area contributed by atoms with Crippen LogP contribution in [0.5, 0.6) is 11.5 Å². The van der Waals surface area contributed by atoms with Gasteiger partial charge in [-0.25, -0.2) is 9.59 Å². The molecule has 514 valence electrons. The quantitative estimate of drug-likeness (QED) is 0.0361. The molecule has 3 saturated carbocycles. The summed E-state index contributed by atoms with van der Waals surface area (Å²) in [5.74, 6) is 0.486. The van der Waals surface area contributed by atoms with Crippen LogP contribution in [0.3, 0.4) is 0 Å². The van der Waals surface area contributed by atoms with Crippen molar-refractivity contribution in [3.63, 3.8) is 0 Å². The average Bonchev–Trinajstić information content (AvgIpc) is 1.40. The second kappa shape index (κ2) is 31.2. The summed E-state index contributed by atoms with van der Waals surface area (Å²) in [6.07, 6.45) is 12.5. The maximum absolute atomic E-state index is 12.4. The van der Waals surface area contributed by atoms with Crippen molar-refractivity contribution in [2.24, 2.45) is 22.7 Å². The van der Waals surface area contributed by atoms with E-state index in [0.717, 1.165) is 144 Å². The van der Waals surface area contributed by atoms with Crippen LogP contribution in [0.25, 0.3) is 0 Å². The molecule has 0 bridgehead atoms. The Balaban J connectivity index is 0.000000158. The number of hydrogen-bond donors (Lipinski definition) is 7. The Morgan fingerprint density at radius 2 is 1.49 bits per heavy atom. The number of aromatic hydroxyl groups is 1. The largest absolute Gasteiger partial charge is 0.507 e. The Kier molecular flexibility index (Phi) is 23.5. The van der Waals surface area contributed by atoms with E-state index < -0.39 is 54.5 Å². The standard InChI is InChI=1S/C30H42O8.C23H31NO7.C22H29NO2/c1-16-24(32)25(33)26(34)27(37-16)38-19-8-11-28(2)18(14-19)5-6-22-21(28)9-12-29(3)20(10-13-30(22,29)35)17-4-7-23(31)36-15-17;1-15(5-7-19(25)30-13-10-24-8-11-29-12-9-24)4-6-17-21(26)20-18(14-31-23(20)27)16(2)22(17)28-3;1-23-19(15-21(24)17-9-4-2-5-10-17)13-8-14-20(23)16-22(25)18-11-6-3-7-12-18/h4,7,14-16,19-22,24-27,32-35H,5-6,8-13H2,1-3H3;4,26H,5-14H2,1-3H3;2-7,9-12,19-22,24-25H,8,13-16H2,1H3/b;15-4+;/t16-,19-,20+,21-,22+,24-,25+,26+,27-,28-,29+,30-;;19-,20+,21-,22+/m0../s1. The summed E-state index contributed by atoms with van der Waals surface area (Å²) in [5.41, 5.74) is 6.20. The fourth-order valence-corrected chi connectivity index (χ4v) is 17.1. The van der Waals surface area contributed by atoms with E-state index in [1.807, 2.05) is 86.7 Å². The lowest BCUT2D eigenvalue weighted by atomic mass is 9.45. The van der Waals surface area contributed by atoms with Crippen molar-refractivity contribution in [3.05, 3.63) is 152 Å². The van der Waals surface area contributed by atoms with Crippen molar-refractivity contribution >= 4 is 11.9 Å². The van der Waals surface area contributed by atoms with Crippen LogP contribution in [0, 0.1) is 29.6 Å². The summed E-state index contributed by atoms with van der Waals surface area (Å²) in [4.78, 5) is 40.2. The van der Waals surface area contributed by atoms with E-state index in [4.69, 9.17) is 32.8 Å². The molecule has 19 nitrogen and oxygen atoms in total. The van der Waals surface area contributed by atoms with Crippen LogP contribution in [-0.4, -0.2) is 166 Å². The van der Waals surface area contributed by atoms with Gasteiger partial charge in [0.1, 0.15) is 48.6 Å². The number of phenolic OH excluding ortho intramolecular Hbond substituents is 1. The molecule has 12 rings (SSSR count). The summed E-state index contributed by atoms with van der Waals surface area (Å²) in [6, 6.07) is 23.9. The molecule has 6 fully saturated rings. The van der Waals surface area contributed by atoms with Gasteiger partial charge >= 0.3 is 17.6 Å². The number of nitrogens with zero attached hydrogens (tertiary/aromatic N) is 2. The van der Waals surface area contributed by atoms with Crippen molar-refractivity contribution in [2.45, 2.75) is 217 Å². The van der Waals surface area contributed by atoms with Crippen molar-refractivity contribution in [1.82, 2.24) is 9.80 Å². The molecular weight excluding hydrogens is 1200 g/mol. The number of piperidine rings is 1. The third-order valence-electron chi connectivity index (χ3n) is 22.9. The first-order valence-electron chi connectivity index (χ1n) is 34.3. The number of carbonyl (C=O) groups is 2. The van der Waals surface area contributed by atoms with Gasteiger partial charge in [-0.1, -0.05) is 104 Å². The third kappa shape index (κ3) is 15.5. The van der Waals surface area contributed by atoms with Crippen LogP contribution in [0.4, 0.5) is 0 Å². The Morgan fingerprint density at radius 3 is 2.13 bits per heavy atom. The number of phenols is 1. The highest BCUT2D eigenvalue weighted by Gasteiger charge is 2.67. The van der Waals surface area contributed by atoms with Gasteiger partial charge < -0.3 is 73.5 Å². The molecule has 94 heavy (non-hydrogen) atoms. The number of cyclic esters (lactones) is 1. The SMILES string of the molecule is CN1[C@@H](C[C@@H](O)c2ccccc2)CCC[C@H]1C[C@H](O)c1ccccc1.COc1c(C)c2c(c(O)c1C/C=C(\C)CCC(=O)OCCN1CCOCC1)C(=O)OC2.C[C@@H]1O[C@@H](O[C@@H]2C=C3CC[C@@H]4[C@H](CC[C@]5(C)[C@@H](c6ccc(=O)oc6)CC[C@]45O)[C@@]3(C)CC2)[C@H](O)[C@H](O)[C@H]1O. The Labute approximate surface area is 553 Å². The van der Waals surface area contributed by atoms with Crippen molar-refractivity contribution < 1.29 is 78.2 Å². The van der Waals surface area contributed by atoms with E-state index in [1.165, 1.54) is 11.6 Å². The van der Waals surface area contributed by atoms with Crippen LogP contribution in [0.1, 0.15) is 186 Å². The lowest BCUT2D eigenvalue weighted by Crippen LogP contribution is -2.60. The van der Waals surface area contributed by atoms with E-state index in [9.17, 15) is 50.1 Å². The molecule has 8 aliphatic rings. The zero-order valence-electron chi connectivity index (χ0n) is 56.0. The van der Waals surface area contributed by atoms with Gasteiger partial charge in [-0.05, 0) is 169 Å². The smallest absolute Gasteiger partial charge is 0.342 e. The number of rotatable bonds is 18. The highest BCUT2D eigenvalue weighted by Crippen LogP contribution is 2.70. The summed E-state index contributed by atoms with van der Waals surface area (Å²) >= 11 is 0. The zero-order chi connectivity index (χ0) is 67.1. The molecule has 4 aliphatic heterocycles. The number of aliphatic hydroxyl groups excluding tert-OH is 5. The van der Waals surface area contributed by atoms with E-state index in [2.05, 4.69) is 36.8 Å². The molecule has 0 amide bonds. The number of carbonyl (C=O) groups excluding carboxylic acids is 2. The first-order valence-corrected chi connectivity index (χ1v) is 34.3. The van der Waals surface area contributed by atoms with Crippen molar-refractivity contribution in [2.75, 3.05) is 53.6 Å². The summed E-state index contributed by atoms with van der Waals surface area (Å²) < 4.78 is 38.2. The molecule has 0 unspecified atom stereocenters. The predicted octanol–water partition coefficient (Wildman–Crippen LogP) is 9.62. The summed E-state index contributed by atoms with van der Waals surface area (Å²) in [7, 11) is 3.68. The highest BCUT2D eigenvalue weighted by molar-refractivity contribution is 5.98. The second-order valence-corrected chi connectivity index (χ2v) is 28.2. The van der Waals surface area contributed by atoms with Crippen LogP contribution >= 0.6 is 0 Å². The molecule has 4 aromatic rings. The van der Waals surface area contributed by atoms with Gasteiger partial charge in [-0.3, -0.25) is 9.69 Å². The molecule has 16 atom stereocenters. The van der Waals surface area contributed by atoms with Crippen molar-refractivity contribution in [3.8, 4) is 11.5 Å². The number of fused-ring (bicyclic) bond motifs is 6. The highest BCUT2D eigenvalue weighted by atomic mass is 16.7. The minimum Gasteiger partial charge on any atom is -0.507 e. The van der Waals surface area contributed by atoms with E-state index in [0.29, 0.717) is 60.7 Å². The lowest BCUT2D eigenvalue weighted by Gasteiger charge is -2.62. The second-order valence-electron chi connectivity index (χ2n) is 28.2. The van der Waals surface area contributed by atoms with Crippen LogP contribution in [-0.2, 0) is 41.5 Å². The maximum Gasteiger partial charge on any atom is 0.342 e. The molecule has 0 radical (unpaired) electrons. The zero-order valence-corrected chi connectivity index (χ0v) is 56.0. The lowest BCUT2D eigenvalue weighted by molar-refractivity contribution is -0.301. The van der Waals surface area contributed by atoms with Crippen LogP contribution in [0.2, 0.25) is 0 Å². The average molecular weight is 1300 g/mol. The Morgan fingerprint density at radius 1 is 0.819 bits per heavy atom. The first kappa shape index (κ1) is 71.0. The molecule has 1 aromatic heterocycles. The van der Waals surface area contributed by atoms with Gasteiger partial charge in [0, 0.05) is 60.7 Å². The minimum absolute atomic E-state index is 0.0213. The Bertz CT molecular complexity index is 3240. The first-order chi connectivity index (χ1) is 45.0. The predicted molar refractivity (Wildman–Crippen MR) is 353 cm³/mol. The molecule has 5 heterocycles. The maximum atomic E-state index is 12.4. The van der Waals surface area contributed by atoms with Crippen molar-refractivity contribution in [1.29, 1.82) is 0 Å². The van der Waals surface area contributed by atoms with Gasteiger partial charge in [-0.2, -0.15) is 0 Å². The molecule has 4 aliphatic carbocycles. The number of aliphatic hydroxyl groups is 6. The number of methoxy groups -OCH3 is 1. The van der Waals surface area contributed by atoms with Gasteiger partial charge in [0.05, 0.1) is 56.6 Å². The van der Waals surface area contributed by atoms with Gasteiger partial charge in [0.15, 0.2) is 6.29 Å². The number of hydrogen-bond acceptors (Lipinski definition) is 19. The third-order valence-corrected chi connectivity index (χ3v) is 22.9. The Hall–Kier alpha value is -5.81. The van der Waals surface area contributed by atoms with Crippen LogP contribution < -0.4 is 10.4 Å². The number of ether oxygens (including phenoxy) is 6. The number of allylic oxidation sites excluding steroid dienone is 3. The molecule has 3 saturated heterocycles. The van der Waals surface area contributed by atoms with Gasteiger partial charge in [0.25, 0.3) is 0 Å². The fraction of sp³-hybridized carbons (Fsp3) is 0.613. The van der Waals surface area contributed by atoms with Crippen LogP contribution in [0.15, 0.2) is 112 Å². The summed E-state index contributed by atoms with van der Waals surface area (Å²) in [5, 5.41) is 74.8. The molecule has 19 heteroatoms. The van der Waals surface area contributed by atoms with E-state index in [-0.39, 0.29) is 58.3 Å². The molecule has 7 N–H and O–H groups in total. The number of likely N-dealkylation sites (tertiary alicyclic amines) is 1. The number of morpholine rings is 1. The van der Waals surface area contributed by atoms with Gasteiger partial charge in [0.2, 0.25) is 0 Å². The number of esters is 2. The molecule has 3 aromatic carbocycles. The monoisotopic (exact) mass is 1300 g/mol. The van der Waals surface area contributed by atoms with E-state index in [1.54, 1.807) is 20.3 Å². The fourth-order valence-electron chi connectivity index (χ4n) is 17.1.